The van der Waals surface area contributed by atoms with E-state index in [1.54, 1.807) is 6.07 Å². The van der Waals surface area contributed by atoms with Gasteiger partial charge in [-0.3, -0.25) is 14.3 Å². The molecule has 5 heteroatoms. The van der Waals surface area contributed by atoms with E-state index in [1.807, 2.05) is 11.9 Å². The summed E-state index contributed by atoms with van der Waals surface area (Å²) in [6, 6.07) is 1.25. The van der Waals surface area contributed by atoms with Gasteiger partial charge < -0.3 is 0 Å². The van der Waals surface area contributed by atoms with E-state index in [-0.39, 0.29) is 5.56 Å². The number of aromatic amines is 1. The van der Waals surface area contributed by atoms with Crippen molar-refractivity contribution in [2.45, 2.75) is 19.4 Å². The second kappa shape index (κ2) is 4.30. The van der Waals surface area contributed by atoms with Gasteiger partial charge in [-0.2, -0.15) is 5.26 Å². The van der Waals surface area contributed by atoms with Gasteiger partial charge in [0.2, 0.25) is 0 Å². The third-order valence-electron chi connectivity index (χ3n) is 2.00. The highest BCUT2D eigenvalue weighted by atomic mass is 16.2. The first-order valence-electron chi connectivity index (χ1n) is 4.35. The highest BCUT2D eigenvalue weighted by Crippen LogP contribution is 2.05. The highest BCUT2D eigenvalue weighted by Gasteiger charge is 2.09. The van der Waals surface area contributed by atoms with Gasteiger partial charge in [-0.05, 0) is 6.42 Å². The molecule has 0 aromatic carbocycles. The Hall–Kier alpha value is -2.27. The molecule has 0 spiro atoms. The molecule has 0 saturated heterocycles. The molecule has 15 heavy (non-hydrogen) atoms. The van der Waals surface area contributed by atoms with Crippen LogP contribution in [0.2, 0.25) is 0 Å². The molecule has 1 aromatic rings. The Bertz CT molecular complexity index is 554. The Morgan fingerprint density at radius 3 is 2.80 bits per heavy atom. The van der Waals surface area contributed by atoms with Crippen LogP contribution in [0, 0.1) is 23.7 Å². The van der Waals surface area contributed by atoms with Gasteiger partial charge in [0.25, 0.3) is 5.56 Å². The molecule has 0 amide bonds. The lowest BCUT2D eigenvalue weighted by Crippen LogP contribution is -2.32. The summed E-state index contributed by atoms with van der Waals surface area (Å²) in [5.74, 6) is 2.41. The van der Waals surface area contributed by atoms with E-state index in [0.29, 0.717) is 6.42 Å². The zero-order valence-corrected chi connectivity index (χ0v) is 8.15. The molecule has 1 N–H and O–H groups in total. The predicted molar refractivity (Wildman–Crippen MR) is 54.2 cm³/mol. The summed E-state index contributed by atoms with van der Waals surface area (Å²) in [5.41, 5.74) is -1.40. The number of terminal acetylenes is 1. The number of H-pyrrole nitrogens is 1. The molecule has 1 rings (SSSR count). The lowest BCUT2D eigenvalue weighted by atomic mass is 10.2. The van der Waals surface area contributed by atoms with Gasteiger partial charge >= 0.3 is 5.69 Å². The van der Waals surface area contributed by atoms with Crippen molar-refractivity contribution in [3.63, 3.8) is 0 Å². The number of nitrogens with one attached hydrogen (secondary N) is 1. The van der Waals surface area contributed by atoms with Crippen molar-refractivity contribution in [2.75, 3.05) is 0 Å². The molecule has 1 aromatic heterocycles. The predicted octanol–water partition coefficient (Wildman–Crippen LogP) is -0.00742. The number of nitriles is 1. The maximum absolute atomic E-state index is 11.4. The molecular formula is C10H9N3O2. The normalized spacial score (nSPS) is 11.4. The van der Waals surface area contributed by atoms with Crippen LogP contribution in [0.4, 0.5) is 0 Å². The molecule has 0 aliphatic carbocycles. The Labute approximate surface area is 86.0 Å². The minimum absolute atomic E-state index is 0.122. The molecule has 1 unspecified atom stereocenters. The van der Waals surface area contributed by atoms with Gasteiger partial charge in [0.05, 0.1) is 6.04 Å². The monoisotopic (exact) mass is 203 g/mol. The molecule has 0 bridgehead atoms. The molecular weight excluding hydrogens is 194 g/mol. The van der Waals surface area contributed by atoms with Crippen LogP contribution in [0.25, 0.3) is 0 Å². The standard InChI is InChI=1S/C10H9N3O2/c1-3-8(4-2)13-6-7(5-11)9(14)12-10(13)15/h1,6,8H,4H2,2H3,(H,12,14,15). The van der Waals surface area contributed by atoms with E-state index in [4.69, 9.17) is 11.7 Å². The average Bonchev–Trinajstić information content (AvgIpc) is 2.22. The van der Waals surface area contributed by atoms with E-state index < -0.39 is 17.3 Å². The molecule has 0 saturated carbocycles. The first-order chi connectivity index (χ1) is 7.13. The van der Waals surface area contributed by atoms with Crippen molar-refractivity contribution in [2.24, 2.45) is 0 Å². The van der Waals surface area contributed by atoms with Gasteiger partial charge in [0.1, 0.15) is 11.6 Å². The second-order valence-corrected chi connectivity index (χ2v) is 2.91. The van der Waals surface area contributed by atoms with Crippen molar-refractivity contribution in [1.29, 1.82) is 5.26 Å². The van der Waals surface area contributed by atoms with Gasteiger partial charge in [0, 0.05) is 6.20 Å². The molecule has 1 atom stereocenters. The van der Waals surface area contributed by atoms with Crippen molar-refractivity contribution < 1.29 is 0 Å². The van der Waals surface area contributed by atoms with Gasteiger partial charge in [0.15, 0.2) is 0 Å². The molecule has 76 valence electrons. The second-order valence-electron chi connectivity index (χ2n) is 2.91. The van der Waals surface area contributed by atoms with E-state index in [1.165, 1.54) is 10.8 Å². The maximum Gasteiger partial charge on any atom is 0.329 e. The Balaban J connectivity index is 3.46. The summed E-state index contributed by atoms with van der Waals surface area (Å²) >= 11 is 0. The van der Waals surface area contributed by atoms with Crippen LogP contribution < -0.4 is 11.2 Å². The largest absolute Gasteiger partial charge is 0.329 e. The van der Waals surface area contributed by atoms with Crippen LogP contribution in [0.3, 0.4) is 0 Å². The lowest BCUT2D eigenvalue weighted by molar-refractivity contribution is 0.566. The minimum Gasteiger partial charge on any atom is -0.285 e. The van der Waals surface area contributed by atoms with Crippen molar-refractivity contribution >= 4 is 0 Å². The topological polar surface area (TPSA) is 78.7 Å². The fourth-order valence-electron chi connectivity index (χ4n) is 1.19. The molecule has 0 aliphatic heterocycles. The van der Waals surface area contributed by atoms with Crippen LogP contribution in [0.1, 0.15) is 24.9 Å². The highest BCUT2D eigenvalue weighted by molar-refractivity contribution is 5.22. The van der Waals surface area contributed by atoms with Crippen LogP contribution >= 0.6 is 0 Å². The molecule has 0 radical (unpaired) electrons. The first kappa shape index (κ1) is 10.8. The minimum atomic E-state index is -0.689. The van der Waals surface area contributed by atoms with Crippen LogP contribution in [-0.4, -0.2) is 9.55 Å². The molecule has 5 nitrogen and oxygen atoms in total. The fraction of sp³-hybridized carbons (Fsp3) is 0.300. The maximum atomic E-state index is 11.4. The molecule has 1 heterocycles. The molecule has 0 aliphatic rings. The van der Waals surface area contributed by atoms with Crippen molar-refractivity contribution in [1.82, 2.24) is 9.55 Å². The third kappa shape index (κ3) is 1.97. The Kier molecular flexibility index (Phi) is 3.10. The van der Waals surface area contributed by atoms with E-state index >= 15 is 0 Å². The Morgan fingerprint density at radius 1 is 1.67 bits per heavy atom. The summed E-state index contributed by atoms with van der Waals surface area (Å²) in [7, 11) is 0. The summed E-state index contributed by atoms with van der Waals surface area (Å²) in [6.45, 7) is 1.81. The quantitative estimate of drug-likeness (QED) is 0.687. The van der Waals surface area contributed by atoms with E-state index in [0.717, 1.165) is 0 Å². The van der Waals surface area contributed by atoms with Gasteiger partial charge in [-0.15, -0.1) is 6.42 Å². The number of hydrogen-bond acceptors (Lipinski definition) is 3. The third-order valence-corrected chi connectivity index (χ3v) is 2.00. The van der Waals surface area contributed by atoms with Gasteiger partial charge in [-0.25, -0.2) is 4.79 Å². The van der Waals surface area contributed by atoms with Crippen molar-refractivity contribution in [3.8, 4) is 18.4 Å². The SMILES string of the molecule is C#CC(CC)n1cc(C#N)c(=O)[nH]c1=O. The summed E-state index contributed by atoms with van der Waals surface area (Å²) in [6.07, 6.45) is 6.97. The van der Waals surface area contributed by atoms with Crippen LogP contribution in [0.5, 0.6) is 0 Å². The van der Waals surface area contributed by atoms with Crippen LogP contribution in [-0.2, 0) is 0 Å². The smallest absolute Gasteiger partial charge is 0.285 e. The van der Waals surface area contributed by atoms with Gasteiger partial charge in [-0.1, -0.05) is 12.8 Å². The summed E-state index contributed by atoms with van der Waals surface area (Å²) < 4.78 is 1.18. The number of aromatic nitrogens is 2. The average molecular weight is 203 g/mol. The first-order valence-corrected chi connectivity index (χ1v) is 4.35. The number of nitrogens with zero attached hydrogens (tertiary/aromatic N) is 2. The summed E-state index contributed by atoms with van der Waals surface area (Å²) in [4.78, 5) is 24.5. The van der Waals surface area contributed by atoms with E-state index in [2.05, 4.69) is 5.92 Å². The Morgan fingerprint density at radius 2 is 2.33 bits per heavy atom. The van der Waals surface area contributed by atoms with Crippen LogP contribution in [0.15, 0.2) is 15.8 Å². The zero-order chi connectivity index (χ0) is 11.4. The number of rotatable bonds is 2. The van der Waals surface area contributed by atoms with Crippen molar-refractivity contribution in [3.05, 3.63) is 32.6 Å². The van der Waals surface area contributed by atoms with E-state index in [9.17, 15) is 9.59 Å². The molecule has 0 fully saturated rings. The number of hydrogen-bond donors (Lipinski definition) is 1. The lowest BCUT2D eigenvalue weighted by Gasteiger charge is -2.10. The fourth-order valence-corrected chi connectivity index (χ4v) is 1.19. The zero-order valence-electron chi connectivity index (χ0n) is 8.15. The summed E-state index contributed by atoms with van der Waals surface area (Å²) in [5, 5.41) is 8.62.